The van der Waals surface area contributed by atoms with Crippen LogP contribution in [0.25, 0.3) is 33.3 Å². The molecule has 0 atom stereocenters. The molecule has 1 saturated heterocycles. The highest BCUT2D eigenvalue weighted by molar-refractivity contribution is 5.99. The molecule has 3 N–H and O–H groups in total. The molecule has 1 aromatic carbocycles. The third-order valence-electron chi connectivity index (χ3n) is 9.21. The highest BCUT2D eigenvalue weighted by Crippen LogP contribution is 2.32. The molecule has 13 heteroatoms. The highest BCUT2D eigenvalue weighted by atomic mass is 16.2. The van der Waals surface area contributed by atoms with Crippen molar-refractivity contribution in [2.45, 2.75) is 32.9 Å². The van der Waals surface area contributed by atoms with Crippen LogP contribution in [0.1, 0.15) is 40.4 Å². The van der Waals surface area contributed by atoms with Crippen molar-refractivity contribution in [2.24, 2.45) is 0 Å². The minimum Gasteiger partial charge on any atom is -0.383 e. The molecular weight excluding hydrogens is 592 g/mol. The average Bonchev–Trinajstić information content (AvgIpc) is 3.73. The fourth-order valence-corrected chi connectivity index (χ4v) is 6.73. The van der Waals surface area contributed by atoms with Crippen LogP contribution in [0.4, 0.5) is 11.8 Å². The second-order valence-corrected chi connectivity index (χ2v) is 12.3. The number of H-pyrrole nitrogens is 1. The Balaban J connectivity index is 0.972. The largest absolute Gasteiger partial charge is 0.383 e. The van der Waals surface area contributed by atoms with Crippen LogP contribution < -0.4 is 10.6 Å². The van der Waals surface area contributed by atoms with Gasteiger partial charge in [0.25, 0.3) is 5.91 Å². The van der Waals surface area contributed by atoms with Crippen LogP contribution >= 0.6 is 0 Å². The van der Waals surface area contributed by atoms with Crippen molar-refractivity contribution in [1.82, 2.24) is 49.5 Å². The second kappa shape index (κ2) is 12.1. The summed E-state index contributed by atoms with van der Waals surface area (Å²) in [6.45, 7) is 8.85. The van der Waals surface area contributed by atoms with Crippen molar-refractivity contribution in [3.05, 3.63) is 83.7 Å². The van der Waals surface area contributed by atoms with E-state index in [4.69, 9.17) is 10.8 Å². The molecule has 2 aliphatic heterocycles. The van der Waals surface area contributed by atoms with Gasteiger partial charge >= 0.3 is 0 Å². The maximum absolute atomic E-state index is 13.4. The summed E-state index contributed by atoms with van der Waals surface area (Å²) in [6, 6.07) is 10.4. The summed E-state index contributed by atoms with van der Waals surface area (Å²) in [5.41, 5.74) is 13.4. The Morgan fingerprint density at radius 1 is 0.936 bits per heavy atom. The number of carbonyl (C=O) groups is 1. The molecule has 0 saturated carbocycles. The molecule has 1 fully saturated rings. The van der Waals surface area contributed by atoms with Crippen molar-refractivity contribution in [3.8, 4) is 11.3 Å². The van der Waals surface area contributed by atoms with Crippen LogP contribution in [0.2, 0.25) is 0 Å². The summed E-state index contributed by atoms with van der Waals surface area (Å²) in [7, 11) is 0. The summed E-state index contributed by atoms with van der Waals surface area (Å²) in [6.07, 6.45) is 10.4. The lowest BCUT2D eigenvalue weighted by Gasteiger charge is -2.34. The number of fused-ring (bicyclic) bond motifs is 3. The van der Waals surface area contributed by atoms with E-state index in [9.17, 15) is 4.79 Å². The molecule has 47 heavy (non-hydrogen) atoms. The van der Waals surface area contributed by atoms with Gasteiger partial charge in [0.15, 0.2) is 5.65 Å². The number of anilines is 2. The van der Waals surface area contributed by atoms with Gasteiger partial charge in [-0.15, -0.1) is 0 Å². The lowest BCUT2D eigenvalue weighted by Crippen LogP contribution is -2.47. The van der Waals surface area contributed by atoms with Crippen LogP contribution in [0.5, 0.6) is 0 Å². The molecule has 2 aliphatic rings. The summed E-state index contributed by atoms with van der Waals surface area (Å²) in [5.74, 6) is 1.03. The van der Waals surface area contributed by atoms with Gasteiger partial charge < -0.3 is 20.5 Å². The predicted molar refractivity (Wildman–Crippen MR) is 180 cm³/mol. The van der Waals surface area contributed by atoms with Crippen LogP contribution in [0, 0.1) is 0 Å². The van der Waals surface area contributed by atoms with Crippen molar-refractivity contribution in [1.29, 1.82) is 0 Å². The first kappa shape index (κ1) is 29.0. The van der Waals surface area contributed by atoms with Gasteiger partial charge in [-0.3, -0.25) is 9.69 Å². The molecule has 0 radical (unpaired) electrons. The Bertz CT molecular complexity index is 2080. The number of piperazine rings is 1. The number of aromatic amines is 1. The molecule has 0 aliphatic carbocycles. The van der Waals surface area contributed by atoms with E-state index < -0.39 is 0 Å². The molecule has 0 spiro atoms. The van der Waals surface area contributed by atoms with E-state index in [-0.39, 0.29) is 5.91 Å². The lowest BCUT2D eigenvalue weighted by molar-refractivity contribution is 0.0734. The zero-order chi connectivity index (χ0) is 31.9. The van der Waals surface area contributed by atoms with Crippen molar-refractivity contribution in [3.63, 3.8) is 0 Å². The first-order chi connectivity index (χ1) is 23.0. The number of nitrogen functional groups attached to an aromatic ring is 1. The topological polar surface area (TPSA) is 151 Å². The van der Waals surface area contributed by atoms with Gasteiger partial charge in [0, 0.05) is 75.0 Å². The third kappa shape index (κ3) is 5.52. The van der Waals surface area contributed by atoms with Crippen LogP contribution in [-0.4, -0.2) is 94.7 Å². The smallest absolute Gasteiger partial charge is 0.257 e. The van der Waals surface area contributed by atoms with E-state index in [1.54, 1.807) is 18.6 Å². The van der Waals surface area contributed by atoms with Gasteiger partial charge in [-0.2, -0.15) is 5.10 Å². The number of rotatable bonds is 7. The number of benzene rings is 1. The molecule has 0 unspecified atom stereocenters. The third-order valence-corrected chi connectivity index (χ3v) is 9.21. The fourth-order valence-electron chi connectivity index (χ4n) is 6.73. The molecule has 6 aromatic rings. The number of nitrogens with two attached hydrogens (primary N) is 1. The van der Waals surface area contributed by atoms with Gasteiger partial charge in [0.1, 0.15) is 23.5 Å². The van der Waals surface area contributed by atoms with E-state index in [2.05, 4.69) is 64.8 Å². The number of hydrogen-bond acceptors (Lipinski definition) is 10. The molecule has 238 valence electrons. The summed E-state index contributed by atoms with van der Waals surface area (Å²) in [5, 5.41) is 6.65. The van der Waals surface area contributed by atoms with Gasteiger partial charge in [0.2, 0.25) is 5.95 Å². The van der Waals surface area contributed by atoms with Crippen LogP contribution in [0.15, 0.2) is 61.4 Å². The van der Waals surface area contributed by atoms with Crippen LogP contribution in [0.3, 0.4) is 0 Å². The Morgan fingerprint density at radius 3 is 2.62 bits per heavy atom. The lowest BCUT2D eigenvalue weighted by atomic mass is 9.97. The van der Waals surface area contributed by atoms with Crippen molar-refractivity contribution in [2.75, 3.05) is 49.9 Å². The highest BCUT2D eigenvalue weighted by Gasteiger charge is 2.25. The fraction of sp³-hybridized carbons (Fsp3) is 0.324. The average molecular weight is 629 g/mol. The van der Waals surface area contributed by atoms with Crippen molar-refractivity contribution >= 4 is 39.7 Å². The van der Waals surface area contributed by atoms with Crippen molar-refractivity contribution < 1.29 is 4.79 Å². The summed E-state index contributed by atoms with van der Waals surface area (Å²) in [4.78, 5) is 45.6. The van der Waals surface area contributed by atoms with Gasteiger partial charge in [-0.1, -0.05) is 25.1 Å². The molecular formula is C34H36N12O. The predicted octanol–water partition coefficient (Wildman–Crippen LogP) is 3.52. The standard InChI is InChI=1S/C34H36N12O/c1-2-8-43-10-12-44(13-11-43)34-38-17-27(18-39-34)33(47)45-9-6-23-14-22(3-4-25(23)20-45)19-46-32-28(30(35)40-21-41-32)29(42-46)26-15-24-5-7-36-31(24)37-16-26/h3-5,7,14-18,21H,2,6,8-13,19-20H2,1H3,(H,36,37)(H2,35,40,41). The minimum absolute atomic E-state index is 0.0424. The Labute approximate surface area is 271 Å². The Hall–Kier alpha value is -5.43. The monoisotopic (exact) mass is 628 g/mol. The van der Waals surface area contributed by atoms with Gasteiger partial charge in [-0.05, 0) is 48.2 Å². The number of nitrogens with one attached hydrogen (secondary N) is 1. The molecule has 13 nitrogen and oxygen atoms in total. The van der Waals surface area contributed by atoms with E-state index in [0.29, 0.717) is 53.7 Å². The Morgan fingerprint density at radius 2 is 1.79 bits per heavy atom. The van der Waals surface area contributed by atoms with Gasteiger partial charge in [0.05, 0.1) is 17.5 Å². The molecule has 7 heterocycles. The first-order valence-corrected chi connectivity index (χ1v) is 16.1. The van der Waals surface area contributed by atoms with E-state index >= 15 is 0 Å². The maximum atomic E-state index is 13.4. The minimum atomic E-state index is -0.0424. The van der Waals surface area contributed by atoms with E-state index in [0.717, 1.165) is 73.3 Å². The summed E-state index contributed by atoms with van der Waals surface area (Å²) < 4.78 is 1.87. The molecule has 0 bridgehead atoms. The molecule has 5 aromatic heterocycles. The molecule has 8 rings (SSSR count). The number of aromatic nitrogens is 8. The maximum Gasteiger partial charge on any atom is 0.257 e. The van der Waals surface area contributed by atoms with Crippen LogP contribution in [-0.2, 0) is 19.5 Å². The number of hydrogen-bond donors (Lipinski definition) is 2. The Kier molecular flexibility index (Phi) is 7.44. The number of amides is 1. The van der Waals surface area contributed by atoms with E-state index in [1.807, 2.05) is 27.9 Å². The zero-order valence-electron chi connectivity index (χ0n) is 26.3. The normalized spacial score (nSPS) is 15.4. The first-order valence-electron chi connectivity index (χ1n) is 16.1. The van der Waals surface area contributed by atoms with Gasteiger partial charge in [-0.25, -0.2) is 29.6 Å². The van der Waals surface area contributed by atoms with E-state index in [1.165, 1.54) is 11.9 Å². The number of carbonyl (C=O) groups excluding carboxylic acids is 1. The number of nitrogens with zero attached hydrogens (tertiary/aromatic N) is 10. The quantitative estimate of drug-likeness (QED) is 0.269. The molecule has 1 amide bonds. The number of pyridine rings is 1. The zero-order valence-corrected chi connectivity index (χ0v) is 26.3. The SMILES string of the molecule is CCCN1CCN(c2ncc(C(=O)N3CCc4cc(Cn5nc(-c6cnc7[nH]ccc7c6)c6c(N)ncnc65)ccc4C3)cn2)CC1. The second-order valence-electron chi connectivity index (χ2n) is 12.3. The summed E-state index contributed by atoms with van der Waals surface area (Å²) >= 11 is 0.